The Kier molecular flexibility index (Phi) is 3.63. The maximum Gasteiger partial charge on any atom is 0.268 e. The Morgan fingerprint density at radius 2 is 1.81 bits per heavy atom. The zero-order valence-corrected chi connectivity index (χ0v) is 11.4. The fourth-order valence-corrected chi connectivity index (χ4v) is 2.27. The second-order valence-corrected chi connectivity index (χ2v) is 4.68. The van der Waals surface area contributed by atoms with Crippen molar-refractivity contribution in [3.63, 3.8) is 0 Å². The zero-order valence-electron chi connectivity index (χ0n) is 11.4. The smallest absolute Gasteiger partial charge is 0.268 e. The van der Waals surface area contributed by atoms with E-state index in [-0.39, 0.29) is 5.69 Å². The van der Waals surface area contributed by atoms with Gasteiger partial charge in [-0.25, -0.2) is 15.0 Å². The Morgan fingerprint density at radius 3 is 2.48 bits per heavy atom. The molecule has 7 nitrogen and oxygen atoms in total. The van der Waals surface area contributed by atoms with E-state index >= 15 is 0 Å². The number of nitrogens with two attached hydrogens (primary N) is 1. The average molecular weight is 283 g/mol. The highest BCUT2D eigenvalue weighted by atomic mass is 16.1. The number of piperazine rings is 1. The Hall–Kier alpha value is -2.70. The Labute approximate surface area is 122 Å². The van der Waals surface area contributed by atoms with Crippen molar-refractivity contribution in [2.45, 2.75) is 0 Å². The van der Waals surface area contributed by atoms with Crippen LogP contribution < -0.4 is 15.5 Å². The summed E-state index contributed by atoms with van der Waals surface area (Å²) in [7, 11) is 0. The van der Waals surface area contributed by atoms with Gasteiger partial charge in [0.05, 0.1) is 0 Å². The molecule has 0 atom stereocenters. The van der Waals surface area contributed by atoms with Crippen LogP contribution in [0, 0.1) is 6.07 Å². The maximum absolute atomic E-state index is 11.2. The number of nitrogens with zero attached hydrogens (tertiary/aromatic N) is 5. The molecule has 1 amide bonds. The van der Waals surface area contributed by atoms with Crippen LogP contribution in [0.15, 0.2) is 30.6 Å². The highest BCUT2D eigenvalue weighted by Gasteiger charge is 2.20. The number of aromatic nitrogens is 3. The molecule has 0 unspecified atom stereocenters. The lowest BCUT2D eigenvalue weighted by Gasteiger charge is -2.35. The molecule has 7 heteroatoms. The van der Waals surface area contributed by atoms with E-state index in [4.69, 9.17) is 5.73 Å². The van der Waals surface area contributed by atoms with Crippen molar-refractivity contribution in [2.24, 2.45) is 5.73 Å². The number of primary amides is 1. The van der Waals surface area contributed by atoms with Crippen molar-refractivity contribution in [3.05, 3.63) is 42.4 Å². The van der Waals surface area contributed by atoms with Gasteiger partial charge in [0.2, 0.25) is 5.95 Å². The van der Waals surface area contributed by atoms with E-state index < -0.39 is 5.91 Å². The number of carbonyl (C=O) groups excluding carboxylic acids is 1. The quantitative estimate of drug-likeness (QED) is 0.859. The topological polar surface area (TPSA) is 88.2 Å². The molecule has 1 aliphatic heterocycles. The monoisotopic (exact) mass is 283 g/mol. The van der Waals surface area contributed by atoms with Gasteiger partial charge in [0.1, 0.15) is 11.5 Å². The second-order valence-electron chi connectivity index (χ2n) is 4.68. The van der Waals surface area contributed by atoms with Crippen LogP contribution >= 0.6 is 0 Å². The summed E-state index contributed by atoms with van der Waals surface area (Å²) >= 11 is 0. The molecule has 0 bridgehead atoms. The average Bonchev–Trinajstić information content (AvgIpc) is 2.56. The number of rotatable bonds is 3. The van der Waals surface area contributed by atoms with E-state index in [1.165, 1.54) is 0 Å². The van der Waals surface area contributed by atoms with Crippen LogP contribution in [-0.2, 0) is 0 Å². The van der Waals surface area contributed by atoms with Crippen LogP contribution in [0.25, 0.3) is 0 Å². The molecule has 0 aromatic carbocycles. The molecule has 3 heterocycles. The van der Waals surface area contributed by atoms with Crippen LogP contribution in [0.5, 0.6) is 0 Å². The number of anilines is 2. The van der Waals surface area contributed by atoms with E-state index in [0.29, 0.717) is 0 Å². The van der Waals surface area contributed by atoms with Gasteiger partial charge in [0.25, 0.3) is 5.91 Å². The van der Waals surface area contributed by atoms with Gasteiger partial charge in [-0.1, -0.05) is 0 Å². The number of hydrogen-bond acceptors (Lipinski definition) is 6. The first kappa shape index (κ1) is 13.3. The van der Waals surface area contributed by atoms with Gasteiger partial charge in [-0.05, 0) is 18.2 Å². The van der Waals surface area contributed by atoms with E-state index in [1.54, 1.807) is 24.5 Å². The molecule has 107 valence electrons. The minimum atomic E-state index is -0.562. The SMILES string of the molecule is NC(=O)c1[c]ccc(N2CCN(c3ncccn3)CC2)n1. The van der Waals surface area contributed by atoms with E-state index in [9.17, 15) is 4.79 Å². The van der Waals surface area contributed by atoms with Crippen molar-refractivity contribution < 1.29 is 4.79 Å². The Morgan fingerprint density at radius 1 is 1.14 bits per heavy atom. The number of hydrogen-bond donors (Lipinski definition) is 1. The third-order valence-corrected chi connectivity index (χ3v) is 3.35. The lowest BCUT2D eigenvalue weighted by molar-refractivity contribution is 0.0995. The highest BCUT2D eigenvalue weighted by molar-refractivity contribution is 5.90. The van der Waals surface area contributed by atoms with Crippen LogP contribution in [0.2, 0.25) is 0 Å². The number of pyridine rings is 1. The maximum atomic E-state index is 11.2. The van der Waals surface area contributed by atoms with E-state index in [2.05, 4.69) is 30.8 Å². The van der Waals surface area contributed by atoms with Crippen LogP contribution in [0.3, 0.4) is 0 Å². The molecule has 3 rings (SSSR count). The molecule has 21 heavy (non-hydrogen) atoms. The first-order chi connectivity index (χ1) is 10.2. The Bertz CT molecular complexity index is 624. The normalized spacial score (nSPS) is 15.0. The third kappa shape index (κ3) is 2.91. The molecule has 1 radical (unpaired) electrons. The molecule has 1 saturated heterocycles. The third-order valence-electron chi connectivity index (χ3n) is 3.35. The van der Waals surface area contributed by atoms with Gasteiger partial charge in [0, 0.05) is 44.6 Å². The minimum absolute atomic E-state index is 0.168. The number of amides is 1. The summed E-state index contributed by atoms with van der Waals surface area (Å²) in [6, 6.07) is 8.05. The van der Waals surface area contributed by atoms with Gasteiger partial charge < -0.3 is 15.5 Å². The van der Waals surface area contributed by atoms with Crippen LogP contribution in [-0.4, -0.2) is 47.0 Å². The largest absolute Gasteiger partial charge is 0.364 e. The van der Waals surface area contributed by atoms with Crippen LogP contribution in [0.1, 0.15) is 10.5 Å². The van der Waals surface area contributed by atoms with Crippen molar-refractivity contribution in [2.75, 3.05) is 36.0 Å². The fourth-order valence-electron chi connectivity index (χ4n) is 2.27. The van der Waals surface area contributed by atoms with Crippen molar-refractivity contribution >= 4 is 17.7 Å². The molecular weight excluding hydrogens is 268 g/mol. The number of carbonyl (C=O) groups is 1. The standard InChI is InChI=1S/C14H15N6O/c15-13(21)11-3-1-4-12(18-11)19-7-9-20(10-8-19)14-16-5-2-6-17-14/h1-2,4-6H,7-10H2,(H2,15,21). The molecule has 2 N–H and O–H groups in total. The predicted octanol–water partition coefficient (Wildman–Crippen LogP) is 0.0973. The zero-order chi connectivity index (χ0) is 14.7. The molecule has 0 spiro atoms. The summed E-state index contributed by atoms with van der Waals surface area (Å²) in [5.74, 6) is 0.925. The summed E-state index contributed by atoms with van der Waals surface area (Å²) in [5.41, 5.74) is 5.40. The Balaban J connectivity index is 1.68. The van der Waals surface area contributed by atoms with Gasteiger partial charge in [0.15, 0.2) is 0 Å². The van der Waals surface area contributed by atoms with Crippen molar-refractivity contribution in [1.82, 2.24) is 15.0 Å². The first-order valence-corrected chi connectivity index (χ1v) is 6.69. The lowest BCUT2D eigenvalue weighted by atomic mass is 10.3. The summed E-state index contributed by atoms with van der Waals surface area (Å²) in [5, 5.41) is 0. The van der Waals surface area contributed by atoms with Crippen LogP contribution in [0.4, 0.5) is 11.8 Å². The molecular formula is C14H15N6O. The second kappa shape index (κ2) is 5.74. The molecule has 2 aromatic heterocycles. The first-order valence-electron chi connectivity index (χ1n) is 6.69. The molecule has 0 aliphatic carbocycles. The van der Waals surface area contributed by atoms with Crippen molar-refractivity contribution in [1.29, 1.82) is 0 Å². The van der Waals surface area contributed by atoms with Gasteiger partial charge in [-0.2, -0.15) is 0 Å². The molecule has 1 aliphatic rings. The minimum Gasteiger partial charge on any atom is -0.364 e. The lowest BCUT2D eigenvalue weighted by Crippen LogP contribution is -2.47. The van der Waals surface area contributed by atoms with Gasteiger partial charge in [-0.3, -0.25) is 4.79 Å². The molecule has 2 aromatic rings. The molecule has 1 fully saturated rings. The summed E-state index contributed by atoms with van der Waals surface area (Å²) in [4.78, 5) is 28.1. The highest BCUT2D eigenvalue weighted by Crippen LogP contribution is 2.16. The summed E-state index contributed by atoms with van der Waals surface area (Å²) in [6.45, 7) is 3.17. The summed E-state index contributed by atoms with van der Waals surface area (Å²) in [6.07, 6.45) is 3.48. The van der Waals surface area contributed by atoms with Gasteiger partial charge >= 0.3 is 0 Å². The van der Waals surface area contributed by atoms with Crippen molar-refractivity contribution in [3.8, 4) is 0 Å². The summed E-state index contributed by atoms with van der Waals surface area (Å²) < 4.78 is 0. The van der Waals surface area contributed by atoms with E-state index in [1.807, 2.05) is 6.07 Å². The van der Waals surface area contributed by atoms with E-state index in [0.717, 1.165) is 37.9 Å². The van der Waals surface area contributed by atoms with Gasteiger partial charge in [-0.15, -0.1) is 0 Å². The predicted molar refractivity (Wildman–Crippen MR) is 78.0 cm³/mol. The molecule has 0 saturated carbocycles. The fraction of sp³-hybridized carbons (Fsp3) is 0.286.